The first-order chi connectivity index (χ1) is 12.8. The van der Waals surface area contributed by atoms with Gasteiger partial charge in [-0.05, 0) is 36.4 Å². The summed E-state index contributed by atoms with van der Waals surface area (Å²) < 4.78 is 7.32. The number of aliphatic imine (C=N–C) groups is 1. The Bertz CT molecular complexity index is 824. The summed E-state index contributed by atoms with van der Waals surface area (Å²) in [4.78, 5) is 8.94. The predicted molar refractivity (Wildman–Crippen MR) is 107 cm³/mol. The highest BCUT2D eigenvalue weighted by Gasteiger charge is 2.06. The van der Waals surface area contributed by atoms with Crippen LogP contribution in [0.2, 0.25) is 0 Å². The highest BCUT2D eigenvalue weighted by Crippen LogP contribution is 2.25. The van der Waals surface area contributed by atoms with Crippen molar-refractivity contribution in [1.29, 1.82) is 0 Å². The second kappa shape index (κ2) is 9.05. The number of nitrogens with zero attached hydrogens (tertiary/aromatic N) is 3. The van der Waals surface area contributed by atoms with Gasteiger partial charge in [-0.1, -0.05) is 0 Å². The Morgan fingerprint density at radius 3 is 2.65 bits per heavy atom. The number of methoxy groups -OCH3 is 1. The summed E-state index contributed by atoms with van der Waals surface area (Å²) in [5, 5.41) is 9.68. The van der Waals surface area contributed by atoms with Gasteiger partial charge in [0.1, 0.15) is 10.8 Å². The summed E-state index contributed by atoms with van der Waals surface area (Å²) in [5.41, 5.74) is 2.09. The molecular formula is C19H23N5OS. The summed E-state index contributed by atoms with van der Waals surface area (Å²) in [6, 6.07) is 12.0. The van der Waals surface area contributed by atoms with E-state index in [1.807, 2.05) is 48.8 Å². The molecule has 0 saturated heterocycles. The number of aromatic nitrogens is 2. The Kier molecular flexibility index (Phi) is 6.27. The fourth-order valence-corrected chi connectivity index (χ4v) is 3.30. The molecule has 3 rings (SSSR count). The third kappa shape index (κ3) is 4.86. The van der Waals surface area contributed by atoms with E-state index in [9.17, 15) is 0 Å². The van der Waals surface area contributed by atoms with Crippen LogP contribution in [0.25, 0.3) is 10.6 Å². The van der Waals surface area contributed by atoms with Crippen molar-refractivity contribution in [3.05, 3.63) is 59.9 Å². The molecule has 7 heteroatoms. The molecule has 0 radical (unpaired) electrons. The molecule has 2 aromatic heterocycles. The summed E-state index contributed by atoms with van der Waals surface area (Å²) in [5.74, 6) is 1.62. The van der Waals surface area contributed by atoms with Crippen LogP contribution in [0, 0.1) is 0 Å². The van der Waals surface area contributed by atoms with Gasteiger partial charge in [-0.3, -0.25) is 4.99 Å². The molecule has 136 valence electrons. The van der Waals surface area contributed by atoms with Gasteiger partial charge in [-0.15, -0.1) is 11.3 Å². The van der Waals surface area contributed by atoms with Gasteiger partial charge in [0.15, 0.2) is 5.96 Å². The van der Waals surface area contributed by atoms with Gasteiger partial charge < -0.3 is 19.9 Å². The first-order valence-electron chi connectivity index (χ1n) is 8.42. The van der Waals surface area contributed by atoms with Crippen LogP contribution in [-0.4, -0.2) is 36.2 Å². The second-order valence-electron chi connectivity index (χ2n) is 5.65. The van der Waals surface area contributed by atoms with Gasteiger partial charge >= 0.3 is 0 Å². The zero-order valence-corrected chi connectivity index (χ0v) is 15.8. The van der Waals surface area contributed by atoms with Crippen molar-refractivity contribution >= 4 is 17.3 Å². The maximum atomic E-state index is 5.19. The lowest BCUT2D eigenvalue weighted by Crippen LogP contribution is -2.38. The number of thiazole rings is 1. The highest BCUT2D eigenvalue weighted by molar-refractivity contribution is 7.13. The summed E-state index contributed by atoms with van der Waals surface area (Å²) in [6.07, 6.45) is 4.10. The van der Waals surface area contributed by atoms with Crippen molar-refractivity contribution in [2.45, 2.75) is 13.1 Å². The van der Waals surface area contributed by atoms with E-state index in [1.54, 1.807) is 25.5 Å². The van der Waals surface area contributed by atoms with Crippen molar-refractivity contribution < 1.29 is 4.74 Å². The number of rotatable bonds is 7. The van der Waals surface area contributed by atoms with E-state index < -0.39 is 0 Å². The molecule has 0 saturated carbocycles. The standard InChI is InChI=1S/C19H23N5OS/c1-20-19(21-9-12-24-10-3-4-11-24)22-13-16-14-26-18(23-16)15-5-7-17(25-2)8-6-15/h3-8,10-11,14H,9,12-13H2,1-2H3,(H2,20,21,22). The molecule has 2 N–H and O–H groups in total. The molecule has 0 amide bonds. The first-order valence-corrected chi connectivity index (χ1v) is 9.30. The normalized spacial score (nSPS) is 11.4. The summed E-state index contributed by atoms with van der Waals surface area (Å²) >= 11 is 1.64. The Morgan fingerprint density at radius 2 is 1.96 bits per heavy atom. The average Bonchev–Trinajstić information content (AvgIpc) is 3.36. The fraction of sp³-hybridized carbons (Fsp3) is 0.263. The largest absolute Gasteiger partial charge is 0.497 e. The summed E-state index contributed by atoms with van der Waals surface area (Å²) in [6.45, 7) is 2.34. The molecule has 0 aliphatic carbocycles. The molecule has 0 aliphatic rings. The minimum atomic E-state index is 0.635. The topological polar surface area (TPSA) is 63.5 Å². The van der Waals surface area contributed by atoms with Crippen molar-refractivity contribution in [3.8, 4) is 16.3 Å². The molecule has 1 aromatic carbocycles. The van der Waals surface area contributed by atoms with Crippen molar-refractivity contribution in [3.63, 3.8) is 0 Å². The smallest absolute Gasteiger partial charge is 0.191 e. The van der Waals surface area contributed by atoms with E-state index in [0.717, 1.165) is 41.1 Å². The molecule has 0 atom stereocenters. The van der Waals surface area contributed by atoms with Crippen LogP contribution in [0.3, 0.4) is 0 Å². The molecule has 2 heterocycles. The van der Waals surface area contributed by atoms with Crippen LogP contribution < -0.4 is 15.4 Å². The van der Waals surface area contributed by atoms with E-state index in [2.05, 4.69) is 25.6 Å². The Labute approximate surface area is 157 Å². The maximum absolute atomic E-state index is 5.19. The van der Waals surface area contributed by atoms with Crippen LogP contribution in [0.15, 0.2) is 59.2 Å². The maximum Gasteiger partial charge on any atom is 0.191 e. The molecule has 0 unspecified atom stereocenters. The number of benzene rings is 1. The van der Waals surface area contributed by atoms with Crippen molar-refractivity contribution in [2.24, 2.45) is 4.99 Å². The molecule has 0 fully saturated rings. The van der Waals surface area contributed by atoms with Crippen LogP contribution in [0.5, 0.6) is 5.75 Å². The highest BCUT2D eigenvalue weighted by atomic mass is 32.1. The molecule has 0 spiro atoms. The van der Waals surface area contributed by atoms with Crippen LogP contribution in [0.4, 0.5) is 0 Å². The summed E-state index contributed by atoms with van der Waals surface area (Å²) in [7, 11) is 3.44. The average molecular weight is 369 g/mol. The van der Waals surface area contributed by atoms with Crippen molar-refractivity contribution in [1.82, 2.24) is 20.2 Å². The quantitative estimate of drug-likeness (QED) is 0.496. The second-order valence-corrected chi connectivity index (χ2v) is 6.50. The third-order valence-electron chi connectivity index (χ3n) is 3.88. The zero-order chi connectivity index (χ0) is 18.2. The number of nitrogens with one attached hydrogen (secondary N) is 2. The lowest BCUT2D eigenvalue weighted by molar-refractivity contribution is 0.415. The SMILES string of the molecule is CN=C(NCCn1cccc1)NCc1csc(-c2ccc(OC)cc2)n1. The number of hydrogen-bond donors (Lipinski definition) is 2. The van der Waals surface area contributed by atoms with Gasteiger partial charge in [-0.2, -0.15) is 0 Å². The third-order valence-corrected chi connectivity index (χ3v) is 4.82. The minimum absolute atomic E-state index is 0.635. The van der Waals surface area contributed by atoms with Gasteiger partial charge in [-0.25, -0.2) is 4.98 Å². The van der Waals surface area contributed by atoms with Crippen LogP contribution >= 0.6 is 11.3 Å². The Morgan fingerprint density at radius 1 is 1.19 bits per heavy atom. The van der Waals surface area contributed by atoms with Crippen LogP contribution in [-0.2, 0) is 13.1 Å². The molecule has 26 heavy (non-hydrogen) atoms. The lowest BCUT2D eigenvalue weighted by Gasteiger charge is -2.11. The Hall–Kier alpha value is -2.80. The molecule has 0 bridgehead atoms. The van der Waals surface area contributed by atoms with E-state index in [1.165, 1.54) is 0 Å². The van der Waals surface area contributed by atoms with E-state index in [-0.39, 0.29) is 0 Å². The zero-order valence-electron chi connectivity index (χ0n) is 15.0. The first kappa shape index (κ1) is 18.0. The Balaban J connectivity index is 1.49. The van der Waals surface area contributed by atoms with E-state index >= 15 is 0 Å². The number of ether oxygens (including phenoxy) is 1. The van der Waals surface area contributed by atoms with Gasteiger partial charge in [0.05, 0.1) is 19.3 Å². The molecule has 3 aromatic rings. The molecule has 6 nitrogen and oxygen atoms in total. The minimum Gasteiger partial charge on any atom is -0.497 e. The molecular weight excluding hydrogens is 346 g/mol. The van der Waals surface area contributed by atoms with E-state index in [4.69, 9.17) is 9.72 Å². The van der Waals surface area contributed by atoms with Crippen LogP contribution in [0.1, 0.15) is 5.69 Å². The van der Waals surface area contributed by atoms with Gasteiger partial charge in [0, 0.05) is 43.5 Å². The fourth-order valence-electron chi connectivity index (χ4n) is 2.47. The molecule has 0 aliphatic heterocycles. The van der Waals surface area contributed by atoms with Gasteiger partial charge in [0.25, 0.3) is 0 Å². The number of guanidine groups is 1. The van der Waals surface area contributed by atoms with E-state index in [0.29, 0.717) is 6.54 Å². The number of hydrogen-bond acceptors (Lipinski definition) is 4. The van der Waals surface area contributed by atoms with Gasteiger partial charge in [0.2, 0.25) is 0 Å². The van der Waals surface area contributed by atoms with Crippen molar-refractivity contribution in [2.75, 3.05) is 20.7 Å². The monoisotopic (exact) mass is 369 g/mol. The lowest BCUT2D eigenvalue weighted by atomic mass is 10.2. The predicted octanol–water partition coefficient (Wildman–Crippen LogP) is 2.99.